The van der Waals surface area contributed by atoms with E-state index in [-0.39, 0.29) is 5.91 Å². The maximum absolute atomic E-state index is 14.3. The minimum absolute atomic E-state index is 0.353. The average Bonchev–Trinajstić information content (AvgIpc) is 3.04. The Bertz CT molecular complexity index is 951. The molecule has 0 bridgehead atoms. The highest BCUT2D eigenvalue weighted by atomic mass is 35.5. The van der Waals surface area contributed by atoms with E-state index in [4.69, 9.17) is 11.6 Å². The third-order valence-electron chi connectivity index (χ3n) is 3.90. The van der Waals surface area contributed by atoms with Gasteiger partial charge in [0.05, 0.1) is 0 Å². The number of amides is 1. The molecule has 3 rings (SSSR count). The van der Waals surface area contributed by atoms with Crippen LogP contribution in [0.3, 0.4) is 0 Å². The third-order valence-corrected chi connectivity index (χ3v) is 4.13. The molecule has 0 aliphatic carbocycles. The largest absolute Gasteiger partial charge is 0.338 e. The molecule has 3 aromatic rings. The first-order valence-corrected chi connectivity index (χ1v) is 8.38. The zero-order valence-corrected chi connectivity index (χ0v) is 14.8. The number of rotatable bonds is 5. The second-order valence-corrected chi connectivity index (χ2v) is 6.18. The van der Waals surface area contributed by atoms with Gasteiger partial charge < -0.3 is 9.88 Å². The maximum Gasteiger partial charge on any atom is 0.244 e. The summed E-state index contributed by atoms with van der Waals surface area (Å²) in [5.41, 5.74) is 1.15. The predicted molar refractivity (Wildman–Crippen MR) is 100 cm³/mol. The lowest BCUT2D eigenvalue weighted by atomic mass is 10.1. The fraction of sp³-hybridized carbons (Fsp3) is 0.100. The normalized spacial score (nSPS) is 12.3. The molecule has 2 aromatic carbocycles. The van der Waals surface area contributed by atoms with E-state index in [2.05, 4.69) is 10.3 Å². The SMILES string of the molecule is Cn1ccnc1C(NC(=O)/C=C/c1cccc(Cl)c1)c1ccccc1F. The van der Waals surface area contributed by atoms with Gasteiger partial charge in [-0.05, 0) is 29.8 Å². The van der Waals surface area contributed by atoms with Crippen LogP contribution in [0.1, 0.15) is 23.0 Å². The molecule has 6 heteroatoms. The number of halogens is 2. The second-order valence-electron chi connectivity index (χ2n) is 5.75. The number of hydrogen-bond donors (Lipinski definition) is 1. The molecule has 0 aliphatic heterocycles. The van der Waals surface area contributed by atoms with Crippen LogP contribution in [-0.4, -0.2) is 15.5 Å². The van der Waals surface area contributed by atoms with E-state index < -0.39 is 11.9 Å². The van der Waals surface area contributed by atoms with Crippen LogP contribution in [0.25, 0.3) is 6.08 Å². The molecular formula is C20H17ClFN3O. The summed E-state index contributed by atoms with van der Waals surface area (Å²) < 4.78 is 16.0. The van der Waals surface area contributed by atoms with Crippen molar-refractivity contribution in [2.45, 2.75) is 6.04 Å². The van der Waals surface area contributed by atoms with Gasteiger partial charge in [0, 0.05) is 36.1 Å². The molecule has 1 amide bonds. The number of carbonyl (C=O) groups excluding carboxylic acids is 1. The van der Waals surface area contributed by atoms with E-state index in [1.807, 2.05) is 6.07 Å². The number of aromatic nitrogens is 2. The molecule has 0 spiro atoms. The summed E-state index contributed by atoms with van der Waals surface area (Å²) in [6, 6.07) is 12.8. The van der Waals surface area contributed by atoms with Crippen molar-refractivity contribution in [2.75, 3.05) is 0 Å². The number of benzene rings is 2. The van der Waals surface area contributed by atoms with E-state index in [1.165, 1.54) is 12.1 Å². The number of aryl methyl sites for hydroxylation is 1. The summed E-state index contributed by atoms with van der Waals surface area (Å²) in [7, 11) is 1.80. The summed E-state index contributed by atoms with van der Waals surface area (Å²) in [5, 5.41) is 3.41. The molecule has 0 saturated carbocycles. The lowest BCUT2D eigenvalue weighted by Gasteiger charge is -2.18. The lowest BCUT2D eigenvalue weighted by Crippen LogP contribution is -2.30. The van der Waals surface area contributed by atoms with Crippen molar-refractivity contribution in [2.24, 2.45) is 7.05 Å². The Morgan fingerprint density at radius 1 is 1.27 bits per heavy atom. The topological polar surface area (TPSA) is 46.9 Å². The Kier molecular flexibility index (Phi) is 5.49. The van der Waals surface area contributed by atoms with Crippen molar-refractivity contribution in [1.29, 1.82) is 0 Å². The molecule has 1 unspecified atom stereocenters. The number of carbonyl (C=O) groups is 1. The number of hydrogen-bond acceptors (Lipinski definition) is 2. The monoisotopic (exact) mass is 369 g/mol. The third kappa shape index (κ3) is 4.18. The van der Waals surface area contributed by atoms with Crippen LogP contribution in [-0.2, 0) is 11.8 Å². The average molecular weight is 370 g/mol. The quantitative estimate of drug-likeness (QED) is 0.687. The first-order chi connectivity index (χ1) is 12.5. The zero-order chi connectivity index (χ0) is 18.5. The highest BCUT2D eigenvalue weighted by molar-refractivity contribution is 6.30. The van der Waals surface area contributed by atoms with Crippen LogP contribution in [0, 0.1) is 5.82 Å². The number of nitrogens with one attached hydrogen (secondary N) is 1. The minimum Gasteiger partial charge on any atom is -0.338 e. The molecule has 0 aliphatic rings. The number of imidazole rings is 1. The minimum atomic E-state index is -0.701. The Labute approximate surface area is 155 Å². The molecule has 26 heavy (non-hydrogen) atoms. The summed E-state index contributed by atoms with van der Waals surface area (Å²) in [5.74, 6) is -0.222. The van der Waals surface area contributed by atoms with Crippen LogP contribution in [0.15, 0.2) is 67.0 Å². The lowest BCUT2D eigenvalue weighted by molar-refractivity contribution is -0.117. The van der Waals surface area contributed by atoms with Gasteiger partial charge in [-0.2, -0.15) is 0 Å². The van der Waals surface area contributed by atoms with E-state index in [9.17, 15) is 9.18 Å². The second kappa shape index (κ2) is 7.97. The van der Waals surface area contributed by atoms with Gasteiger partial charge in [-0.15, -0.1) is 0 Å². The first kappa shape index (κ1) is 17.9. The Balaban J connectivity index is 1.85. The van der Waals surface area contributed by atoms with Gasteiger partial charge >= 0.3 is 0 Å². The molecule has 0 radical (unpaired) electrons. The molecule has 0 saturated heterocycles. The van der Waals surface area contributed by atoms with Gasteiger partial charge in [0.25, 0.3) is 0 Å². The van der Waals surface area contributed by atoms with E-state index in [1.54, 1.807) is 66.5 Å². The fourth-order valence-electron chi connectivity index (χ4n) is 2.62. The highest BCUT2D eigenvalue weighted by Gasteiger charge is 2.22. The Morgan fingerprint density at radius 2 is 2.08 bits per heavy atom. The van der Waals surface area contributed by atoms with Crippen LogP contribution in [0.4, 0.5) is 4.39 Å². The Morgan fingerprint density at radius 3 is 2.77 bits per heavy atom. The molecule has 1 heterocycles. The van der Waals surface area contributed by atoms with Gasteiger partial charge in [0.2, 0.25) is 5.91 Å². The van der Waals surface area contributed by atoms with Gasteiger partial charge in [0.15, 0.2) is 0 Å². The summed E-state index contributed by atoms with van der Waals surface area (Å²) >= 11 is 5.94. The van der Waals surface area contributed by atoms with E-state index >= 15 is 0 Å². The summed E-state index contributed by atoms with van der Waals surface area (Å²) in [4.78, 5) is 16.7. The van der Waals surface area contributed by atoms with Crippen molar-refractivity contribution >= 4 is 23.6 Å². The van der Waals surface area contributed by atoms with Crippen LogP contribution < -0.4 is 5.32 Å². The molecule has 0 fully saturated rings. The molecule has 1 atom stereocenters. The van der Waals surface area contributed by atoms with Crippen LogP contribution >= 0.6 is 11.6 Å². The van der Waals surface area contributed by atoms with Crippen LogP contribution in [0.2, 0.25) is 5.02 Å². The number of nitrogens with zero attached hydrogens (tertiary/aromatic N) is 2. The molecule has 132 valence electrons. The van der Waals surface area contributed by atoms with Crippen LogP contribution in [0.5, 0.6) is 0 Å². The molecule has 1 aromatic heterocycles. The van der Waals surface area contributed by atoms with Gasteiger partial charge in [-0.1, -0.05) is 41.9 Å². The Hall–Kier alpha value is -2.92. The predicted octanol–water partition coefficient (Wildman–Crippen LogP) is 4.13. The first-order valence-electron chi connectivity index (χ1n) is 8.00. The molecule has 4 nitrogen and oxygen atoms in total. The molecule has 1 N–H and O–H groups in total. The van der Waals surface area contributed by atoms with E-state index in [0.29, 0.717) is 16.4 Å². The van der Waals surface area contributed by atoms with Crippen molar-refractivity contribution in [3.63, 3.8) is 0 Å². The van der Waals surface area contributed by atoms with Crippen molar-refractivity contribution < 1.29 is 9.18 Å². The van der Waals surface area contributed by atoms with Gasteiger partial charge in [-0.3, -0.25) is 4.79 Å². The standard InChI is InChI=1S/C20H17ClFN3O/c1-25-12-11-23-20(25)19(16-7-2-3-8-17(16)22)24-18(26)10-9-14-5-4-6-15(21)13-14/h2-13,19H,1H3,(H,24,26)/b10-9+. The molecular weight excluding hydrogens is 353 g/mol. The highest BCUT2D eigenvalue weighted by Crippen LogP contribution is 2.23. The van der Waals surface area contributed by atoms with E-state index in [0.717, 1.165) is 5.56 Å². The van der Waals surface area contributed by atoms with Crippen molar-refractivity contribution in [3.8, 4) is 0 Å². The van der Waals surface area contributed by atoms with Gasteiger partial charge in [-0.25, -0.2) is 9.37 Å². The zero-order valence-electron chi connectivity index (χ0n) is 14.1. The fourth-order valence-corrected chi connectivity index (χ4v) is 2.82. The summed E-state index contributed by atoms with van der Waals surface area (Å²) in [6.07, 6.45) is 6.40. The van der Waals surface area contributed by atoms with Crippen molar-refractivity contribution in [1.82, 2.24) is 14.9 Å². The summed E-state index contributed by atoms with van der Waals surface area (Å²) in [6.45, 7) is 0. The van der Waals surface area contributed by atoms with Crippen molar-refractivity contribution in [3.05, 3.63) is 94.8 Å². The smallest absolute Gasteiger partial charge is 0.244 e. The van der Waals surface area contributed by atoms with Gasteiger partial charge in [0.1, 0.15) is 17.7 Å². The maximum atomic E-state index is 14.3.